The van der Waals surface area contributed by atoms with Crippen molar-refractivity contribution in [2.75, 3.05) is 6.54 Å². The van der Waals surface area contributed by atoms with Crippen molar-refractivity contribution in [2.24, 2.45) is 5.73 Å². The third kappa shape index (κ3) is 2.58. The summed E-state index contributed by atoms with van der Waals surface area (Å²) in [5.41, 5.74) is 10.3. The summed E-state index contributed by atoms with van der Waals surface area (Å²) in [6, 6.07) is 14.9. The normalized spacial score (nSPS) is 11.1. The molecule has 20 heavy (non-hydrogen) atoms. The number of fused-ring (bicyclic) bond motifs is 1. The van der Waals surface area contributed by atoms with Gasteiger partial charge in [-0.15, -0.1) is 0 Å². The number of benzene rings is 1. The van der Waals surface area contributed by atoms with Crippen LogP contribution >= 0.6 is 0 Å². The molecule has 0 saturated carbocycles. The minimum Gasteiger partial charge on any atom is -0.341 e. The Bertz CT molecular complexity index is 728. The molecular weight excluding hydrogens is 246 g/mol. The highest BCUT2D eigenvalue weighted by atomic mass is 15.0. The van der Waals surface area contributed by atoms with E-state index in [9.17, 15) is 0 Å². The van der Waals surface area contributed by atoms with E-state index in [1.807, 2.05) is 13.0 Å². The molecule has 0 saturated heterocycles. The van der Waals surface area contributed by atoms with Crippen LogP contribution in [0.4, 0.5) is 0 Å². The predicted molar refractivity (Wildman–Crippen MR) is 82.8 cm³/mol. The van der Waals surface area contributed by atoms with Crippen molar-refractivity contribution in [2.45, 2.75) is 19.9 Å². The summed E-state index contributed by atoms with van der Waals surface area (Å²) in [4.78, 5) is 4.57. The number of rotatable bonds is 4. The zero-order chi connectivity index (χ0) is 13.9. The van der Waals surface area contributed by atoms with Gasteiger partial charge in [0, 0.05) is 17.4 Å². The van der Waals surface area contributed by atoms with E-state index in [1.54, 1.807) is 0 Å². The van der Waals surface area contributed by atoms with Gasteiger partial charge in [0.25, 0.3) is 0 Å². The van der Waals surface area contributed by atoms with Gasteiger partial charge < -0.3 is 10.3 Å². The molecule has 0 spiro atoms. The van der Waals surface area contributed by atoms with Crippen molar-refractivity contribution < 1.29 is 0 Å². The molecule has 3 aromatic rings. The molecule has 0 bridgehead atoms. The van der Waals surface area contributed by atoms with Gasteiger partial charge in [-0.1, -0.05) is 18.2 Å². The zero-order valence-electron chi connectivity index (χ0n) is 11.7. The van der Waals surface area contributed by atoms with Crippen LogP contribution in [0.25, 0.3) is 10.9 Å². The lowest BCUT2D eigenvalue weighted by Gasteiger charge is -2.07. The van der Waals surface area contributed by atoms with Gasteiger partial charge in [-0.05, 0) is 55.1 Å². The van der Waals surface area contributed by atoms with Crippen LogP contribution in [0.5, 0.6) is 0 Å². The number of hydrogen-bond acceptors (Lipinski definition) is 2. The fraction of sp³-hybridized carbons (Fsp3) is 0.235. The largest absolute Gasteiger partial charge is 0.341 e. The predicted octanol–water partition coefficient (Wildman–Crippen LogP) is 2.89. The Morgan fingerprint density at radius 1 is 1.15 bits per heavy atom. The molecule has 0 aliphatic heterocycles. The summed E-state index contributed by atoms with van der Waals surface area (Å²) in [5, 5.41) is 1.26. The van der Waals surface area contributed by atoms with Crippen molar-refractivity contribution >= 4 is 10.9 Å². The van der Waals surface area contributed by atoms with Crippen molar-refractivity contribution in [1.82, 2.24) is 9.55 Å². The quantitative estimate of drug-likeness (QED) is 0.788. The first-order valence-corrected chi connectivity index (χ1v) is 6.96. The van der Waals surface area contributed by atoms with Crippen molar-refractivity contribution in [3.8, 4) is 0 Å². The van der Waals surface area contributed by atoms with E-state index in [1.165, 1.54) is 16.5 Å². The molecule has 0 aliphatic carbocycles. The highest BCUT2D eigenvalue weighted by Gasteiger charge is 2.04. The molecule has 0 radical (unpaired) electrons. The Balaban J connectivity index is 1.96. The summed E-state index contributed by atoms with van der Waals surface area (Å²) >= 11 is 0. The van der Waals surface area contributed by atoms with Gasteiger partial charge in [0.15, 0.2) is 0 Å². The van der Waals surface area contributed by atoms with Crippen molar-refractivity contribution in [3.63, 3.8) is 0 Å². The van der Waals surface area contributed by atoms with Crippen LogP contribution in [0.3, 0.4) is 0 Å². The molecule has 0 amide bonds. The fourth-order valence-electron chi connectivity index (χ4n) is 2.55. The lowest BCUT2D eigenvalue weighted by Crippen LogP contribution is -2.04. The number of aromatic nitrogens is 2. The van der Waals surface area contributed by atoms with Crippen LogP contribution in [0.15, 0.2) is 48.7 Å². The van der Waals surface area contributed by atoms with Gasteiger partial charge in [0.2, 0.25) is 0 Å². The van der Waals surface area contributed by atoms with E-state index in [4.69, 9.17) is 5.73 Å². The molecule has 3 rings (SSSR count). The van der Waals surface area contributed by atoms with Crippen LogP contribution in [0.1, 0.15) is 17.0 Å². The highest BCUT2D eigenvalue weighted by Crippen LogP contribution is 2.19. The second-order valence-electron chi connectivity index (χ2n) is 5.15. The first-order chi connectivity index (χ1) is 9.76. The molecule has 1 aromatic carbocycles. The minimum atomic E-state index is 0.686. The fourth-order valence-corrected chi connectivity index (χ4v) is 2.55. The molecule has 2 aromatic heterocycles. The van der Waals surface area contributed by atoms with Gasteiger partial charge in [-0.25, -0.2) is 0 Å². The monoisotopic (exact) mass is 265 g/mol. The van der Waals surface area contributed by atoms with Crippen LogP contribution in [0.2, 0.25) is 0 Å². The molecule has 0 unspecified atom stereocenters. The standard InChI is InChI=1S/C17H19N3/c1-13-3-2-4-16(19-13)12-20-10-8-15-6-5-14(7-9-18)11-17(15)20/h2-6,8,10-11H,7,9,12,18H2,1H3. The van der Waals surface area contributed by atoms with Gasteiger partial charge in [0.05, 0.1) is 12.2 Å². The number of aryl methyl sites for hydroxylation is 1. The van der Waals surface area contributed by atoms with Gasteiger partial charge >= 0.3 is 0 Å². The average Bonchev–Trinajstić information content (AvgIpc) is 2.82. The van der Waals surface area contributed by atoms with Crippen LogP contribution in [-0.4, -0.2) is 16.1 Å². The molecule has 102 valence electrons. The molecule has 3 nitrogen and oxygen atoms in total. The lowest BCUT2D eigenvalue weighted by molar-refractivity contribution is 0.801. The van der Waals surface area contributed by atoms with E-state index in [2.05, 4.69) is 52.1 Å². The number of pyridine rings is 1. The van der Waals surface area contributed by atoms with E-state index < -0.39 is 0 Å². The Hall–Kier alpha value is -2.13. The Morgan fingerprint density at radius 2 is 2.05 bits per heavy atom. The van der Waals surface area contributed by atoms with Crippen molar-refractivity contribution in [1.29, 1.82) is 0 Å². The molecule has 0 aliphatic rings. The molecule has 2 heterocycles. The van der Waals surface area contributed by atoms with Gasteiger partial charge in [-0.2, -0.15) is 0 Å². The number of hydrogen-bond donors (Lipinski definition) is 1. The topological polar surface area (TPSA) is 43.8 Å². The SMILES string of the molecule is Cc1cccc(Cn2ccc3ccc(CCN)cc32)n1. The molecule has 0 atom stereocenters. The van der Waals surface area contributed by atoms with Crippen LogP contribution in [0, 0.1) is 6.92 Å². The van der Waals surface area contributed by atoms with Gasteiger partial charge in [-0.3, -0.25) is 4.98 Å². The van der Waals surface area contributed by atoms with Crippen LogP contribution < -0.4 is 5.73 Å². The molecule has 2 N–H and O–H groups in total. The van der Waals surface area contributed by atoms with E-state index in [0.29, 0.717) is 6.54 Å². The smallest absolute Gasteiger partial charge is 0.0648 e. The van der Waals surface area contributed by atoms with Gasteiger partial charge in [0.1, 0.15) is 0 Å². The lowest BCUT2D eigenvalue weighted by atomic mass is 10.1. The third-order valence-corrected chi connectivity index (χ3v) is 3.55. The average molecular weight is 265 g/mol. The summed E-state index contributed by atoms with van der Waals surface area (Å²) in [7, 11) is 0. The minimum absolute atomic E-state index is 0.686. The van der Waals surface area contributed by atoms with E-state index in [-0.39, 0.29) is 0 Å². The summed E-state index contributed by atoms with van der Waals surface area (Å²) < 4.78 is 2.25. The highest BCUT2D eigenvalue weighted by molar-refractivity contribution is 5.80. The summed E-state index contributed by atoms with van der Waals surface area (Å²) in [6.45, 7) is 3.51. The first-order valence-electron chi connectivity index (χ1n) is 6.96. The maximum atomic E-state index is 5.64. The second-order valence-corrected chi connectivity index (χ2v) is 5.15. The third-order valence-electron chi connectivity index (χ3n) is 3.55. The molecule has 3 heteroatoms. The Labute approximate surface area is 119 Å². The zero-order valence-corrected chi connectivity index (χ0v) is 11.7. The number of nitrogens with zero attached hydrogens (tertiary/aromatic N) is 2. The number of nitrogens with two attached hydrogens (primary N) is 1. The summed E-state index contributed by atoms with van der Waals surface area (Å²) in [6.07, 6.45) is 3.05. The Kier molecular flexibility index (Phi) is 3.52. The maximum absolute atomic E-state index is 5.64. The second kappa shape index (κ2) is 5.47. The molecule has 0 fully saturated rings. The van der Waals surface area contributed by atoms with E-state index in [0.717, 1.165) is 24.4 Å². The Morgan fingerprint density at radius 3 is 2.85 bits per heavy atom. The van der Waals surface area contributed by atoms with E-state index >= 15 is 0 Å². The van der Waals surface area contributed by atoms with Crippen LogP contribution in [-0.2, 0) is 13.0 Å². The molecular formula is C17H19N3. The summed E-state index contributed by atoms with van der Waals surface area (Å²) in [5.74, 6) is 0. The first kappa shape index (κ1) is 12.9. The maximum Gasteiger partial charge on any atom is 0.0648 e. The van der Waals surface area contributed by atoms with Crippen molar-refractivity contribution in [3.05, 3.63) is 65.6 Å².